The van der Waals surface area contributed by atoms with Gasteiger partial charge in [0.15, 0.2) is 0 Å². The van der Waals surface area contributed by atoms with Crippen LogP contribution in [0.15, 0.2) is 6.33 Å². The second kappa shape index (κ2) is 3.92. The molecule has 0 saturated heterocycles. The molecule has 16 heavy (non-hydrogen) atoms. The van der Waals surface area contributed by atoms with Crippen molar-refractivity contribution in [3.8, 4) is 0 Å². The lowest BCUT2D eigenvalue weighted by molar-refractivity contribution is -0.390. The standard InChI is InChI=1S/C9H11N3O4/c13-8(14)4-6-2-1-3-7-9(12(15)16)10-5-11(6)7/h5-6H,1-4H2,(H,13,14). The molecule has 0 bridgehead atoms. The zero-order valence-electron chi connectivity index (χ0n) is 8.50. The van der Waals surface area contributed by atoms with E-state index in [0.29, 0.717) is 12.1 Å². The Morgan fingerprint density at radius 2 is 2.50 bits per heavy atom. The molecule has 0 radical (unpaired) electrons. The minimum absolute atomic E-state index is 0.0134. The fourth-order valence-corrected chi connectivity index (χ4v) is 2.13. The molecular weight excluding hydrogens is 214 g/mol. The lowest BCUT2D eigenvalue weighted by atomic mass is 10.0. The summed E-state index contributed by atoms with van der Waals surface area (Å²) >= 11 is 0. The quantitative estimate of drug-likeness (QED) is 0.614. The van der Waals surface area contributed by atoms with Gasteiger partial charge < -0.3 is 19.8 Å². The predicted octanol–water partition coefficient (Wildman–Crippen LogP) is 1.14. The fourth-order valence-electron chi connectivity index (χ4n) is 2.13. The average Bonchev–Trinajstić information content (AvgIpc) is 2.61. The summed E-state index contributed by atoms with van der Waals surface area (Å²) < 4.78 is 1.63. The molecule has 2 heterocycles. The number of imidazole rings is 1. The molecule has 86 valence electrons. The number of nitrogens with zero attached hydrogens (tertiary/aromatic N) is 3. The van der Waals surface area contributed by atoms with E-state index in [2.05, 4.69) is 4.98 Å². The van der Waals surface area contributed by atoms with Crippen LogP contribution in [0.3, 0.4) is 0 Å². The summed E-state index contributed by atoms with van der Waals surface area (Å²) in [4.78, 5) is 24.5. The molecule has 7 heteroatoms. The van der Waals surface area contributed by atoms with Gasteiger partial charge in [-0.25, -0.2) is 0 Å². The van der Waals surface area contributed by atoms with Crippen LogP contribution in [0.1, 0.15) is 31.0 Å². The number of rotatable bonds is 3. The molecule has 1 N–H and O–H groups in total. The highest BCUT2D eigenvalue weighted by Gasteiger charge is 2.29. The van der Waals surface area contributed by atoms with Gasteiger partial charge in [0.05, 0.1) is 6.42 Å². The van der Waals surface area contributed by atoms with Crippen LogP contribution < -0.4 is 0 Å². The summed E-state index contributed by atoms with van der Waals surface area (Å²) in [5.74, 6) is -1.04. The van der Waals surface area contributed by atoms with E-state index in [1.54, 1.807) is 4.57 Å². The monoisotopic (exact) mass is 225 g/mol. The average molecular weight is 225 g/mol. The van der Waals surface area contributed by atoms with Crippen LogP contribution in [-0.4, -0.2) is 25.6 Å². The van der Waals surface area contributed by atoms with Crippen molar-refractivity contribution in [1.82, 2.24) is 9.55 Å². The van der Waals surface area contributed by atoms with Gasteiger partial charge in [-0.05, 0) is 29.2 Å². The summed E-state index contributed by atoms with van der Waals surface area (Å²) in [5.41, 5.74) is 0.544. The molecule has 2 rings (SSSR count). The van der Waals surface area contributed by atoms with Crippen LogP contribution in [-0.2, 0) is 11.2 Å². The number of carboxylic acid groups (broad SMARTS) is 1. The Morgan fingerprint density at radius 1 is 1.75 bits per heavy atom. The van der Waals surface area contributed by atoms with E-state index in [1.165, 1.54) is 6.33 Å². The first-order chi connectivity index (χ1) is 7.59. The summed E-state index contributed by atoms with van der Waals surface area (Å²) in [5, 5.41) is 19.4. The molecule has 0 spiro atoms. The van der Waals surface area contributed by atoms with E-state index in [1.807, 2.05) is 0 Å². The van der Waals surface area contributed by atoms with Crippen LogP contribution in [0.5, 0.6) is 0 Å². The Labute approximate surface area is 90.9 Å². The highest BCUT2D eigenvalue weighted by molar-refractivity contribution is 5.67. The molecule has 1 aliphatic heterocycles. The van der Waals surface area contributed by atoms with Crippen molar-refractivity contribution in [1.29, 1.82) is 0 Å². The van der Waals surface area contributed by atoms with Crippen molar-refractivity contribution < 1.29 is 14.8 Å². The highest BCUT2D eigenvalue weighted by Crippen LogP contribution is 2.31. The van der Waals surface area contributed by atoms with Gasteiger partial charge in [-0.15, -0.1) is 0 Å². The van der Waals surface area contributed by atoms with E-state index in [4.69, 9.17) is 5.11 Å². The third kappa shape index (κ3) is 1.75. The normalized spacial score (nSPS) is 19.1. The topological polar surface area (TPSA) is 98.3 Å². The van der Waals surface area contributed by atoms with Gasteiger partial charge in [-0.2, -0.15) is 0 Å². The first-order valence-electron chi connectivity index (χ1n) is 5.01. The SMILES string of the molecule is O=C(O)CC1CCCc2c([N+](=O)[O-])ncn21. The smallest absolute Gasteiger partial charge is 0.384 e. The summed E-state index contributed by atoms with van der Waals surface area (Å²) in [6.07, 6.45) is 3.45. The van der Waals surface area contributed by atoms with E-state index in [0.717, 1.165) is 12.8 Å². The summed E-state index contributed by atoms with van der Waals surface area (Å²) in [6.45, 7) is 0. The number of hydrogen-bond acceptors (Lipinski definition) is 4. The Kier molecular flexibility index (Phi) is 2.59. The van der Waals surface area contributed by atoms with Crippen molar-refractivity contribution in [2.75, 3.05) is 0 Å². The van der Waals surface area contributed by atoms with E-state index >= 15 is 0 Å². The second-order valence-electron chi connectivity index (χ2n) is 3.82. The number of hydrogen-bond donors (Lipinski definition) is 1. The fraction of sp³-hybridized carbons (Fsp3) is 0.556. The zero-order chi connectivity index (χ0) is 11.7. The van der Waals surface area contributed by atoms with Crippen molar-refractivity contribution >= 4 is 11.8 Å². The van der Waals surface area contributed by atoms with Gasteiger partial charge in [0.25, 0.3) is 0 Å². The van der Waals surface area contributed by atoms with Crippen molar-refractivity contribution in [3.05, 3.63) is 22.1 Å². The number of aliphatic carboxylic acids is 1. The molecule has 0 aromatic carbocycles. The molecular formula is C9H11N3O4. The predicted molar refractivity (Wildman–Crippen MR) is 53.1 cm³/mol. The maximum atomic E-state index is 10.7. The van der Waals surface area contributed by atoms with Gasteiger partial charge in [-0.3, -0.25) is 4.79 Å². The molecule has 0 saturated carbocycles. The van der Waals surface area contributed by atoms with Crippen LogP contribution in [0, 0.1) is 10.1 Å². The van der Waals surface area contributed by atoms with Gasteiger partial charge in [-0.1, -0.05) is 0 Å². The largest absolute Gasteiger partial charge is 0.481 e. The second-order valence-corrected chi connectivity index (χ2v) is 3.82. The lowest BCUT2D eigenvalue weighted by Gasteiger charge is -2.22. The van der Waals surface area contributed by atoms with Gasteiger partial charge >= 0.3 is 11.8 Å². The molecule has 0 fully saturated rings. The Hall–Kier alpha value is -1.92. The number of carboxylic acids is 1. The third-order valence-corrected chi connectivity index (χ3v) is 2.80. The van der Waals surface area contributed by atoms with Crippen molar-refractivity contribution in [3.63, 3.8) is 0 Å². The maximum Gasteiger partial charge on any atom is 0.384 e. The highest BCUT2D eigenvalue weighted by atomic mass is 16.6. The molecule has 1 aromatic rings. The van der Waals surface area contributed by atoms with Gasteiger partial charge in [0, 0.05) is 6.04 Å². The van der Waals surface area contributed by atoms with Crippen molar-refractivity contribution in [2.45, 2.75) is 31.7 Å². The van der Waals surface area contributed by atoms with E-state index < -0.39 is 10.9 Å². The molecule has 0 amide bonds. The molecule has 7 nitrogen and oxygen atoms in total. The third-order valence-electron chi connectivity index (χ3n) is 2.80. The molecule has 1 aromatic heterocycles. The Bertz CT molecular complexity index is 440. The number of carbonyl (C=O) groups is 1. The van der Waals surface area contributed by atoms with E-state index in [9.17, 15) is 14.9 Å². The number of aromatic nitrogens is 2. The first-order valence-corrected chi connectivity index (χ1v) is 5.01. The van der Waals surface area contributed by atoms with E-state index in [-0.39, 0.29) is 18.3 Å². The van der Waals surface area contributed by atoms with Crippen LogP contribution in [0.2, 0.25) is 0 Å². The van der Waals surface area contributed by atoms with Crippen LogP contribution in [0.4, 0.5) is 5.82 Å². The number of fused-ring (bicyclic) bond motifs is 1. The number of nitro groups is 1. The minimum Gasteiger partial charge on any atom is -0.481 e. The Balaban J connectivity index is 2.33. The van der Waals surface area contributed by atoms with Gasteiger partial charge in [0.1, 0.15) is 5.69 Å². The van der Waals surface area contributed by atoms with Gasteiger partial charge in [0.2, 0.25) is 6.33 Å². The maximum absolute atomic E-state index is 10.7. The first kappa shape index (κ1) is 10.6. The van der Waals surface area contributed by atoms with Crippen LogP contribution in [0.25, 0.3) is 0 Å². The van der Waals surface area contributed by atoms with Crippen molar-refractivity contribution in [2.24, 2.45) is 0 Å². The lowest BCUT2D eigenvalue weighted by Crippen LogP contribution is -2.20. The summed E-state index contributed by atoms with van der Waals surface area (Å²) in [6, 6.07) is -0.206. The Morgan fingerprint density at radius 3 is 3.12 bits per heavy atom. The molecule has 1 atom stereocenters. The molecule has 0 aliphatic carbocycles. The molecule has 1 aliphatic rings. The summed E-state index contributed by atoms with van der Waals surface area (Å²) in [7, 11) is 0. The molecule has 1 unspecified atom stereocenters. The minimum atomic E-state index is -0.894. The van der Waals surface area contributed by atoms with Crippen LogP contribution >= 0.6 is 0 Å². The zero-order valence-corrected chi connectivity index (χ0v) is 8.50.